The molecule has 0 aliphatic heterocycles. The topological polar surface area (TPSA) is 35.0 Å². The van der Waals surface area contributed by atoms with Crippen LogP contribution in [0.1, 0.15) is 110 Å². The quantitative estimate of drug-likeness (QED) is 0.278. The zero-order valence-electron chi connectivity index (χ0n) is 15.1. The third-order valence-corrected chi connectivity index (χ3v) is 5.19. The highest BCUT2D eigenvalue weighted by Crippen LogP contribution is 2.14. The molecule has 0 bridgehead atoms. The van der Waals surface area contributed by atoms with E-state index in [4.69, 9.17) is 0 Å². The molecule has 0 aromatic rings. The highest BCUT2D eigenvalue weighted by atomic mass is 32.2. The van der Waals surface area contributed by atoms with Crippen molar-refractivity contribution in [3.63, 3.8) is 0 Å². The average molecular weight is 318 g/mol. The van der Waals surface area contributed by atoms with Gasteiger partial charge in [0.1, 0.15) is 0 Å². The largest absolute Gasteiger partial charge is 0.344 e. The summed E-state index contributed by atoms with van der Waals surface area (Å²) in [6.07, 6.45) is 21.8. The van der Waals surface area contributed by atoms with Crippen LogP contribution in [0.2, 0.25) is 0 Å². The van der Waals surface area contributed by atoms with Gasteiger partial charge in [-0.1, -0.05) is 97.3 Å². The molecule has 0 amide bonds. The van der Waals surface area contributed by atoms with Gasteiger partial charge in [0, 0.05) is 0 Å². The van der Waals surface area contributed by atoms with Crippen molar-refractivity contribution in [3.8, 4) is 0 Å². The molecule has 0 fully saturated rings. The van der Waals surface area contributed by atoms with E-state index in [0.717, 1.165) is 0 Å². The van der Waals surface area contributed by atoms with Gasteiger partial charge in [-0.2, -0.15) is 11.8 Å². The summed E-state index contributed by atoms with van der Waals surface area (Å²) in [6, 6.07) is 0. The molecule has 1 nitrogen and oxygen atoms in total. The maximum absolute atomic E-state index is 2.30. The third-order valence-electron chi connectivity index (χ3n) is 4.03. The Hall–Kier alpha value is 0.310. The fourth-order valence-electron chi connectivity index (χ4n) is 2.57. The van der Waals surface area contributed by atoms with Gasteiger partial charge >= 0.3 is 0 Å². The standard InChI is InChI=1S/C19H40S.H3N/c1-3-5-7-8-9-10-11-12-13-14-15-16-17-19-20-18-6-4-2;/h3-19H2,1-2H3;1H3. The van der Waals surface area contributed by atoms with Crippen molar-refractivity contribution < 1.29 is 0 Å². The summed E-state index contributed by atoms with van der Waals surface area (Å²) in [5, 5.41) is 0. The highest BCUT2D eigenvalue weighted by molar-refractivity contribution is 7.99. The minimum atomic E-state index is 0. The first-order valence-corrected chi connectivity index (χ1v) is 10.6. The molecule has 0 heterocycles. The molecule has 0 aliphatic carbocycles. The Morgan fingerprint density at radius 1 is 0.429 bits per heavy atom. The van der Waals surface area contributed by atoms with Crippen molar-refractivity contribution in [1.82, 2.24) is 6.15 Å². The Morgan fingerprint density at radius 3 is 1.19 bits per heavy atom. The Morgan fingerprint density at radius 2 is 0.762 bits per heavy atom. The van der Waals surface area contributed by atoms with Gasteiger partial charge < -0.3 is 6.15 Å². The van der Waals surface area contributed by atoms with E-state index in [1.54, 1.807) is 0 Å². The molecule has 21 heavy (non-hydrogen) atoms. The summed E-state index contributed by atoms with van der Waals surface area (Å²) < 4.78 is 0. The van der Waals surface area contributed by atoms with Gasteiger partial charge in [-0.3, -0.25) is 0 Å². The zero-order valence-corrected chi connectivity index (χ0v) is 16.0. The van der Waals surface area contributed by atoms with E-state index in [-0.39, 0.29) is 6.15 Å². The van der Waals surface area contributed by atoms with Crippen LogP contribution in [-0.2, 0) is 0 Å². The summed E-state index contributed by atoms with van der Waals surface area (Å²) in [4.78, 5) is 0. The van der Waals surface area contributed by atoms with Crippen molar-refractivity contribution in [2.45, 2.75) is 110 Å². The number of hydrogen-bond donors (Lipinski definition) is 1. The van der Waals surface area contributed by atoms with E-state index in [2.05, 4.69) is 25.6 Å². The van der Waals surface area contributed by atoms with E-state index < -0.39 is 0 Å². The average Bonchev–Trinajstić information content (AvgIpc) is 2.47. The molecule has 0 atom stereocenters. The first-order chi connectivity index (χ1) is 9.91. The Kier molecular flexibility index (Phi) is 25.4. The summed E-state index contributed by atoms with van der Waals surface area (Å²) >= 11 is 2.16. The predicted octanol–water partition coefficient (Wildman–Crippen LogP) is 7.77. The second kappa shape index (κ2) is 22.6. The fraction of sp³-hybridized carbons (Fsp3) is 1.00. The van der Waals surface area contributed by atoms with E-state index in [0.29, 0.717) is 0 Å². The van der Waals surface area contributed by atoms with Gasteiger partial charge in [-0.05, 0) is 24.3 Å². The van der Waals surface area contributed by atoms with Gasteiger partial charge in [0.2, 0.25) is 0 Å². The van der Waals surface area contributed by atoms with E-state index >= 15 is 0 Å². The van der Waals surface area contributed by atoms with Gasteiger partial charge in [-0.25, -0.2) is 0 Å². The van der Waals surface area contributed by atoms with Crippen molar-refractivity contribution in [3.05, 3.63) is 0 Å². The molecule has 130 valence electrons. The van der Waals surface area contributed by atoms with Gasteiger partial charge in [0.15, 0.2) is 0 Å². The molecule has 0 aromatic heterocycles. The van der Waals surface area contributed by atoms with Crippen LogP contribution < -0.4 is 6.15 Å². The smallest absolute Gasteiger partial charge is 0.00675 e. The van der Waals surface area contributed by atoms with E-state index in [9.17, 15) is 0 Å². The van der Waals surface area contributed by atoms with Crippen molar-refractivity contribution in [2.75, 3.05) is 11.5 Å². The van der Waals surface area contributed by atoms with Gasteiger partial charge in [0.25, 0.3) is 0 Å². The Bertz CT molecular complexity index is 144. The molecule has 2 heteroatoms. The molecule has 0 aromatic carbocycles. The SMILES string of the molecule is CCCCCCCCCCCCCCCSCCCC.N. The van der Waals surface area contributed by atoms with Crippen LogP contribution in [0.5, 0.6) is 0 Å². The lowest BCUT2D eigenvalue weighted by Crippen LogP contribution is -1.85. The molecule has 0 unspecified atom stereocenters. The second-order valence-corrected chi connectivity index (χ2v) is 7.43. The summed E-state index contributed by atoms with van der Waals surface area (Å²) in [5.41, 5.74) is 0. The van der Waals surface area contributed by atoms with Crippen LogP contribution in [0.4, 0.5) is 0 Å². The normalized spacial score (nSPS) is 10.6. The minimum absolute atomic E-state index is 0. The fourth-order valence-corrected chi connectivity index (χ4v) is 3.68. The van der Waals surface area contributed by atoms with Crippen LogP contribution >= 0.6 is 11.8 Å². The lowest BCUT2D eigenvalue weighted by Gasteiger charge is -2.03. The first kappa shape index (κ1) is 23.6. The molecular weight excluding hydrogens is 274 g/mol. The summed E-state index contributed by atoms with van der Waals surface area (Å²) in [6.45, 7) is 4.58. The Labute approximate surface area is 140 Å². The first-order valence-electron chi connectivity index (χ1n) is 9.49. The second-order valence-electron chi connectivity index (χ2n) is 6.21. The Balaban J connectivity index is 0. The van der Waals surface area contributed by atoms with Crippen LogP contribution in [0.25, 0.3) is 0 Å². The number of rotatable bonds is 17. The molecule has 0 rings (SSSR count). The molecular formula is C19H43NS. The molecule has 0 aliphatic rings. The van der Waals surface area contributed by atoms with Crippen LogP contribution in [0, 0.1) is 0 Å². The van der Waals surface area contributed by atoms with Crippen LogP contribution in [0.15, 0.2) is 0 Å². The summed E-state index contributed by atoms with van der Waals surface area (Å²) in [5.74, 6) is 2.78. The predicted molar refractivity (Wildman–Crippen MR) is 103 cm³/mol. The lowest BCUT2D eigenvalue weighted by molar-refractivity contribution is 0.543. The van der Waals surface area contributed by atoms with Gasteiger partial charge in [-0.15, -0.1) is 0 Å². The summed E-state index contributed by atoms with van der Waals surface area (Å²) in [7, 11) is 0. The third kappa shape index (κ3) is 22.7. The van der Waals surface area contributed by atoms with Crippen LogP contribution in [0.3, 0.4) is 0 Å². The van der Waals surface area contributed by atoms with Crippen molar-refractivity contribution >= 4 is 11.8 Å². The van der Waals surface area contributed by atoms with E-state index in [1.165, 1.54) is 108 Å². The highest BCUT2D eigenvalue weighted by Gasteiger charge is 1.94. The monoisotopic (exact) mass is 317 g/mol. The van der Waals surface area contributed by atoms with Crippen molar-refractivity contribution in [2.24, 2.45) is 0 Å². The minimum Gasteiger partial charge on any atom is -0.344 e. The van der Waals surface area contributed by atoms with Crippen molar-refractivity contribution in [1.29, 1.82) is 0 Å². The van der Waals surface area contributed by atoms with Crippen LogP contribution in [-0.4, -0.2) is 11.5 Å². The van der Waals surface area contributed by atoms with E-state index in [1.807, 2.05) is 0 Å². The zero-order chi connectivity index (χ0) is 14.7. The molecule has 3 N–H and O–H groups in total. The van der Waals surface area contributed by atoms with Gasteiger partial charge in [0.05, 0.1) is 0 Å². The maximum atomic E-state index is 2.30. The molecule has 0 saturated carbocycles. The molecule has 0 spiro atoms. The number of unbranched alkanes of at least 4 members (excludes halogenated alkanes) is 13. The maximum Gasteiger partial charge on any atom is -0.00675 e. The molecule has 0 radical (unpaired) electrons. The number of hydrogen-bond acceptors (Lipinski definition) is 2. The lowest BCUT2D eigenvalue weighted by atomic mass is 10.1. The molecule has 0 saturated heterocycles. The number of thioether (sulfide) groups is 1.